The SMILES string of the molecule is CC(C)C(=O)NCCNCc1ccc(Br)c(F)c1. The normalized spacial score (nSPS) is 10.7. The Balaban J connectivity index is 2.22. The molecule has 1 aromatic rings. The smallest absolute Gasteiger partial charge is 0.222 e. The first-order valence-corrected chi connectivity index (χ1v) is 6.72. The Labute approximate surface area is 115 Å². The Morgan fingerprint density at radius 3 is 2.72 bits per heavy atom. The highest BCUT2D eigenvalue weighted by atomic mass is 79.9. The van der Waals surface area contributed by atoms with Crippen LogP contribution in [0.1, 0.15) is 19.4 Å². The third-order valence-electron chi connectivity index (χ3n) is 2.44. The van der Waals surface area contributed by atoms with E-state index in [1.807, 2.05) is 19.9 Å². The predicted octanol–water partition coefficient (Wildman–Crippen LogP) is 2.45. The average Bonchev–Trinajstić information content (AvgIpc) is 2.32. The van der Waals surface area contributed by atoms with Crippen LogP contribution in [0.25, 0.3) is 0 Å². The van der Waals surface area contributed by atoms with E-state index in [-0.39, 0.29) is 17.6 Å². The summed E-state index contributed by atoms with van der Waals surface area (Å²) < 4.78 is 13.7. The third-order valence-corrected chi connectivity index (χ3v) is 3.08. The monoisotopic (exact) mass is 316 g/mol. The minimum absolute atomic E-state index is 0.00516. The second kappa shape index (κ2) is 7.48. The van der Waals surface area contributed by atoms with E-state index >= 15 is 0 Å². The van der Waals surface area contributed by atoms with Gasteiger partial charge >= 0.3 is 0 Å². The third kappa shape index (κ3) is 5.14. The van der Waals surface area contributed by atoms with Crippen LogP contribution in [0.15, 0.2) is 22.7 Å². The van der Waals surface area contributed by atoms with E-state index in [0.717, 1.165) is 5.56 Å². The molecule has 100 valence electrons. The van der Waals surface area contributed by atoms with Crippen molar-refractivity contribution in [3.63, 3.8) is 0 Å². The molecule has 0 atom stereocenters. The fourth-order valence-electron chi connectivity index (χ4n) is 1.36. The minimum atomic E-state index is -0.262. The molecule has 0 aromatic heterocycles. The summed E-state index contributed by atoms with van der Waals surface area (Å²) >= 11 is 3.11. The fourth-order valence-corrected chi connectivity index (χ4v) is 1.61. The first-order chi connectivity index (χ1) is 8.50. The van der Waals surface area contributed by atoms with E-state index in [4.69, 9.17) is 0 Å². The van der Waals surface area contributed by atoms with Gasteiger partial charge in [-0.25, -0.2) is 4.39 Å². The lowest BCUT2D eigenvalue weighted by Crippen LogP contribution is -2.34. The fraction of sp³-hybridized carbons (Fsp3) is 0.462. The molecule has 0 bridgehead atoms. The molecule has 0 aliphatic rings. The molecule has 0 fully saturated rings. The van der Waals surface area contributed by atoms with Crippen molar-refractivity contribution in [1.82, 2.24) is 10.6 Å². The Kier molecular flexibility index (Phi) is 6.29. The average molecular weight is 317 g/mol. The molecule has 0 saturated heterocycles. The number of halogens is 2. The van der Waals surface area contributed by atoms with Crippen molar-refractivity contribution in [3.8, 4) is 0 Å². The zero-order chi connectivity index (χ0) is 13.5. The van der Waals surface area contributed by atoms with E-state index in [9.17, 15) is 9.18 Å². The highest BCUT2D eigenvalue weighted by Gasteiger charge is 2.04. The van der Waals surface area contributed by atoms with Crippen LogP contribution in [-0.4, -0.2) is 19.0 Å². The number of benzene rings is 1. The molecule has 2 N–H and O–H groups in total. The molecule has 0 aliphatic carbocycles. The Bertz CT molecular complexity index is 410. The van der Waals surface area contributed by atoms with Crippen LogP contribution in [0.2, 0.25) is 0 Å². The zero-order valence-electron chi connectivity index (χ0n) is 10.6. The van der Waals surface area contributed by atoms with Gasteiger partial charge in [0.25, 0.3) is 0 Å². The van der Waals surface area contributed by atoms with Crippen molar-refractivity contribution < 1.29 is 9.18 Å². The number of amides is 1. The number of hydrogen-bond donors (Lipinski definition) is 2. The first kappa shape index (κ1) is 15.1. The topological polar surface area (TPSA) is 41.1 Å². The molecule has 1 aromatic carbocycles. The van der Waals surface area contributed by atoms with Crippen LogP contribution in [0.5, 0.6) is 0 Å². The summed E-state index contributed by atoms with van der Waals surface area (Å²) in [5.74, 6) is -0.209. The number of carbonyl (C=O) groups is 1. The molecule has 0 saturated carbocycles. The van der Waals surface area contributed by atoms with Gasteiger partial charge in [0.2, 0.25) is 5.91 Å². The molecule has 1 amide bonds. The standard InChI is InChI=1S/C13H18BrFN2O/c1-9(2)13(18)17-6-5-16-8-10-3-4-11(14)12(15)7-10/h3-4,7,9,16H,5-6,8H2,1-2H3,(H,17,18). The minimum Gasteiger partial charge on any atom is -0.355 e. The number of hydrogen-bond acceptors (Lipinski definition) is 2. The van der Waals surface area contributed by atoms with E-state index in [0.29, 0.717) is 24.1 Å². The number of rotatable bonds is 6. The van der Waals surface area contributed by atoms with Gasteiger partial charge in [-0.2, -0.15) is 0 Å². The Hall–Kier alpha value is -0.940. The lowest BCUT2D eigenvalue weighted by Gasteiger charge is -2.09. The molecule has 1 rings (SSSR count). The van der Waals surface area contributed by atoms with Gasteiger partial charge in [0, 0.05) is 25.6 Å². The van der Waals surface area contributed by atoms with Crippen molar-refractivity contribution in [1.29, 1.82) is 0 Å². The second-order valence-electron chi connectivity index (χ2n) is 4.37. The van der Waals surface area contributed by atoms with Crippen LogP contribution in [0.3, 0.4) is 0 Å². The summed E-state index contributed by atoms with van der Waals surface area (Å²) in [6.07, 6.45) is 0. The van der Waals surface area contributed by atoms with Crippen molar-refractivity contribution in [3.05, 3.63) is 34.1 Å². The van der Waals surface area contributed by atoms with Crippen molar-refractivity contribution in [2.45, 2.75) is 20.4 Å². The Morgan fingerprint density at radius 2 is 2.11 bits per heavy atom. The second-order valence-corrected chi connectivity index (χ2v) is 5.23. The highest BCUT2D eigenvalue weighted by molar-refractivity contribution is 9.10. The quantitative estimate of drug-likeness (QED) is 0.791. The van der Waals surface area contributed by atoms with Crippen LogP contribution in [0, 0.1) is 11.7 Å². The predicted molar refractivity (Wildman–Crippen MR) is 73.7 cm³/mol. The number of carbonyl (C=O) groups excluding carboxylic acids is 1. The molecule has 0 spiro atoms. The first-order valence-electron chi connectivity index (χ1n) is 5.93. The molecule has 3 nitrogen and oxygen atoms in total. The lowest BCUT2D eigenvalue weighted by atomic mass is 10.2. The van der Waals surface area contributed by atoms with E-state index in [1.165, 1.54) is 6.07 Å². The maximum absolute atomic E-state index is 13.2. The largest absolute Gasteiger partial charge is 0.355 e. The van der Waals surface area contributed by atoms with Gasteiger partial charge in [0.1, 0.15) is 5.82 Å². The van der Waals surface area contributed by atoms with Gasteiger partial charge in [-0.05, 0) is 33.6 Å². The summed E-state index contributed by atoms with van der Waals surface area (Å²) in [6.45, 7) is 5.54. The van der Waals surface area contributed by atoms with Crippen molar-refractivity contribution in [2.75, 3.05) is 13.1 Å². The van der Waals surface area contributed by atoms with Gasteiger partial charge in [-0.15, -0.1) is 0 Å². The van der Waals surface area contributed by atoms with Gasteiger partial charge in [0.05, 0.1) is 4.47 Å². The molecule has 0 radical (unpaired) electrons. The summed E-state index contributed by atoms with van der Waals surface area (Å²) in [7, 11) is 0. The van der Waals surface area contributed by atoms with Crippen molar-refractivity contribution in [2.24, 2.45) is 5.92 Å². The van der Waals surface area contributed by atoms with Crippen LogP contribution < -0.4 is 10.6 Å². The molecule has 0 unspecified atom stereocenters. The Morgan fingerprint density at radius 1 is 1.39 bits per heavy atom. The van der Waals surface area contributed by atoms with E-state index < -0.39 is 0 Å². The molecule has 18 heavy (non-hydrogen) atoms. The molecule has 5 heteroatoms. The molecular weight excluding hydrogens is 299 g/mol. The molecule has 0 heterocycles. The summed E-state index contributed by atoms with van der Waals surface area (Å²) in [4.78, 5) is 11.3. The molecule has 0 aliphatic heterocycles. The van der Waals surface area contributed by atoms with Crippen LogP contribution in [-0.2, 0) is 11.3 Å². The lowest BCUT2D eigenvalue weighted by molar-refractivity contribution is -0.123. The van der Waals surface area contributed by atoms with Crippen LogP contribution in [0.4, 0.5) is 4.39 Å². The van der Waals surface area contributed by atoms with Gasteiger partial charge in [-0.1, -0.05) is 19.9 Å². The van der Waals surface area contributed by atoms with Gasteiger partial charge < -0.3 is 10.6 Å². The summed E-state index contributed by atoms with van der Waals surface area (Å²) in [5, 5.41) is 5.95. The van der Waals surface area contributed by atoms with Crippen LogP contribution >= 0.6 is 15.9 Å². The number of nitrogens with one attached hydrogen (secondary N) is 2. The maximum atomic E-state index is 13.2. The van der Waals surface area contributed by atoms with Crippen molar-refractivity contribution >= 4 is 21.8 Å². The van der Waals surface area contributed by atoms with Gasteiger partial charge in [0.15, 0.2) is 0 Å². The summed E-state index contributed by atoms with van der Waals surface area (Å²) in [5.41, 5.74) is 0.880. The van der Waals surface area contributed by atoms with Gasteiger partial charge in [-0.3, -0.25) is 4.79 Å². The zero-order valence-corrected chi connectivity index (χ0v) is 12.2. The highest BCUT2D eigenvalue weighted by Crippen LogP contribution is 2.16. The van der Waals surface area contributed by atoms with E-state index in [1.54, 1.807) is 6.07 Å². The summed E-state index contributed by atoms with van der Waals surface area (Å²) in [6, 6.07) is 5.03. The molecular formula is C13H18BrFN2O. The maximum Gasteiger partial charge on any atom is 0.222 e. The van der Waals surface area contributed by atoms with E-state index in [2.05, 4.69) is 26.6 Å².